The van der Waals surface area contributed by atoms with E-state index < -0.39 is 11.9 Å². The van der Waals surface area contributed by atoms with E-state index in [4.69, 9.17) is 20.4 Å². The summed E-state index contributed by atoms with van der Waals surface area (Å²) >= 11 is 0. The van der Waals surface area contributed by atoms with Crippen LogP contribution in [0, 0.1) is 17.3 Å². The first-order valence-electron chi connectivity index (χ1n) is 8.89. The van der Waals surface area contributed by atoms with Gasteiger partial charge in [-0.2, -0.15) is 0 Å². The molecule has 3 aliphatic rings. The number of cyclic esters (lactones) is 4. The maximum atomic E-state index is 10.9. The van der Waals surface area contributed by atoms with E-state index in [1.165, 1.54) is 0 Å². The van der Waals surface area contributed by atoms with Gasteiger partial charge in [-0.3, -0.25) is 9.59 Å². The van der Waals surface area contributed by atoms with Crippen molar-refractivity contribution < 1.29 is 49.1 Å². The molecule has 29 heavy (non-hydrogen) atoms. The summed E-state index contributed by atoms with van der Waals surface area (Å²) < 4.78 is 8.46. The molecule has 2 aliphatic heterocycles. The fraction of sp³-hybridized carbons (Fsp3) is 0.579. The molecule has 1 fully saturated rings. The minimum Gasteiger partial charge on any atom is -0.396 e. The molecular weight excluding hydrogens is 388 g/mol. The van der Waals surface area contributed by atoms with E-state index in [9.17, 15) is 19.2 Å². The third kappa shape index (κ3) is 10.6. The number of rotatable bonds is 3. The van der Waals surface area contributed by atoms with Gasteiger partial charge in [-0.25, -0.2) is 9.59 Å². The third-order valence-corrected chi connectivity index (χ3v) is 3.75. The van der Waals surface area contributed by atoms with Gasteiger partial charge in [-0.15, -0.1) is 0 Å². The van der Waals surface area contributed by atoms with Crippen molar-refractivity contribution in [3.63, 3.8) is 0 Å². The summed E-state index contributed by atoms with van der Waals surface area (Å²) in [5.74, 6) is -2.22. The highest BCUT2D eigenvalue weighted by Crippen LogP contribution is 2.32. The van der Waals surface area contributed by atoms with Crippen LogP contribution in [-0.2, 0) is 28.7 Å². The van der Waals surface area contributed by atoms with Crippen molar-refractivity contribution >= 4 is 23.9 Å². The van der Waals surface area contributed by atoms with E-state index in [0.29, 0.717) is 12.8 Å². The molecule has 1 saturated heterocycles. The van der Waals surface area contributed by atoms with Crippen molar-refractivity contribution in [2.45, 2.75) is 26.7 Å². The number of hydrogen-bond donors (Lipinski definition) is 4. The quantitative estimate of drug-likeness (QED) is 0.261. The van der Waals surface area contributed by atoms with Crippen LogP contribution in [0.4, 0.5) is 0 Å². The average Bonchev–Trinajstić information content (AvgIpc) is 3.24. The first kappa shape index (κ1) is 26.6. The van der Waals surface area contributed by atoms with Gasteiger partial charge in [-0.1, -0.05) is 26.0 Å². The number of carbonyl (C=O) groups excluding carboxylic acids is 4. The number of aliphatic hydroxyl groups excluding tert-OH is 4. The van der Waals surface area contributed by atoms with Crippen LogP contribution < -0.4 is 0 Å². The molecular formula is C19H28O10. The molecule has 0 radical (unpaired) electrons. The van der Waals surface area contributed by atoms with E-state index in [0.717, 1.165) is 12.2 Å². The van der Waals surface area contributed by atoms with Crippen molar-refractivity contribution in [3.05, 3.63) is 24.3 Å². The van der Waals surface area contributed by atoms with Crippen molar-refractivity contribution in [2.24, 2.45) is 17.3 Å². The molecule has 0 spiro atoms. The molecule has 0 aromatic heterocycles. The summed E-state index contributed by atoms with van der Waals surface area (Å²) in [5.41, 5.74) is -0.306. The Hall–Kier alpha value is -2.40. The monoisotopic (exact) mass is 416 g/mol. The number of ether oxygens (including phenoxy) is 2. The predicted molar refractivity (Wildman–Crippen MR) is 98.8 cm³/mol. The van der Waals surface area contributed by atoms with Gasteiger partial charge in [0.05, 0.1) is 38.3 Å². The number of fused-ring (bicyclic) bond motifs is 1. The minimum atomic E-state index is -0.579. The van der Waals surface area contributed by atoms with Crippen LogP contribution in [0.3, 0.4) is 0 Å². The smallest absolute Gasteiger partial charge is 0.338 e. The minimum absolute atomic E-state index is 0.0451. The lowest BCUT2D eigenvalue weighted by molar-refractivity contribution is -0.154. The van der Waals surface area contributed by atoms with Crippen LogP contribution in [0.1, 0.15) is 26.7 Å². The van der Waals surface area contributed by atoms with E-state index in [1.54, 1.807) is 13.8 Å². The zero-order chi connectivity index (χ0) is 22.4. The van der Waals surface area contributed by atoms with Gasteiger partial charge in [0.2, 0.25) is 0 Å². The van der Waals surface area contributed by atoms with Crippen LogP contribution in [0.15, 0.2) is 24.3 Å². The fourth-order valence-electron chi connectivity index (χ4n) is 1.94. The van der Waals surface area contributed by atoms with Crippen molar-refractivity contribution in [1.29, 1.82) is 0 Å². The molecule has 164 valence electrons. The largest absolute Gasteiger partial charge is 0.396 e. The average molecular weight is 416 g/mol. The van der Waals surface area contributed by atoms with E-state index >= 15 is 0 Å². The standard InChI is InChI=1S/C8H8O3.C5H12O2.C4H2O3.C2H6O2/c9-7-5-3-1-2-4-6(5)8(10)11-7;1-5(2,3-6)4-7;5-3-1-2-4(6)7-3;3-1-2-4/h1-2,5-6H,3-4H2;6-7H,3-4H2,1-2H3;1-2H;3-4H,1-2H2. The maximum absolute atomic E-state index is 10.9. The number of carbonyl (C=O) groups is 4. The van der Waals surface area contributed by atoms with Crippen molar-refractivity contribution in [3.8, 4) is 0 Å². The second kappa shape index (κ2) is 13.7. The molecule has 1 aliphatic carbocycles. The molecule has 10 nitrogen and oxygen atoms in total. The number of hydrogen-bond acceptors (Lipinski definition) is 10. The molecule has 0 bridgehead atoms. The molecule has 10 heteroatoms. The van der Waals surface area contributed by atoms with Gasteiger partial charge in [0.1, 0.15) is 0 Å². The summed E-state index contributed by atoms with van der Waals surface area (Å²) in [7, 11) is 0. The molecule has 0 aromatic rings. The Balaban J connectivity index is 0.000000386. The molecule has 0 saturated carbocycles. The van der Waals surface area contributed by atoms with Crippen molar-refractivity contribution in [1.82, 2.24) is 0 Å². The van der Waals surface area contributed by atoms with Crippen LogP contribution in [0.25, 0.3) is 0 Å². The SMILES string of the molecule is CC(C)(CO)CO.O=C1C=CC(=O)O1.O=C1OC(=O)C2CC=CCC12.OCCO. The van der Waals surface area contributed by atoms with Gasteiger partial charge in [0.15, 0.2) is 0 Å². The lowest BCUT2D eigenvalue weighted by Crippen LogP contribution is -2.20. The number of esters is 4. The summed E-state index contributed by atoms with van der Waals surface area (Å²) in [6, 6.07) is 0. The number of allylic oxidation sites excluding steroid dienone is 2. The summed E-state index contributed by atoms with van der Waals surface area (Å²) in [6.45, 7) is 3.44. The van der Waals surface area contributed by atoms with Crippen molar-refractivity contribution in [2.75, 3.05) is 26.4 Å². The summed E-state index contributed by atoms with van der Waals surface area (Å²) in [5, 5.41) is 32.1. The van der Waals surface area contributed by atoms with Gasteiger partial charge >= 0.3 is 23.9 Å². The highest BCUT2D eigenvalue weighted by atomic mass is 16.6. The molecule has 2 atom stereocenters. The Morgan fingerprint density at radius 3 is 1.38 bits per heavy atom. The van der Waals surface area contributed by atoms with Crippen LogP contribution >= 0.6 is 0 Å². The molecule has 3 rings (SSSR count). The van der Waals surface area contributed by atoms with E-state index in [-0.39, 0.29) is 55.6 Å². The highest BCUT2D eigenvalue weighted by molar-refractivity contribution is 6.04. The maximum Gasteiger partial charge on any atom is 0.338 e. The molecule has 2 heterocycles. The Morgan fingerprint density at radius 1 is 0.793 bits per heavy atom. The zero-order valence-corrected chi connectivity index (χ0v) is 16.4. The third-order valence-electron chi connectivity index (χ3n) is 3.75. The van der Waals surface area contributed by atoms with Gasteiger partial charge in [-0.05, 0) is 12.8 Å². The fourth-order valence-corrected chi connectivity index (χ4v) is 1.94. The van der Waals surface area contributed by atoms with E-state index in [1.807, 2.05) is 12.2 Å². The van der Waals surface area contributed by atoms with Gasteiger partial charge in [0, 0.05) is 17.6 Å². The Labute approximate surface area is 168 Å². The lowest BCUT2D eigenvalue weighted by Gasteiger charge is -2.16. The Bertz CT molecular complexity index is 572. The molecule has 2 unspecified atom stereocenters. The topological polar surface area (TPSA) is 168 Å². The first-order valence-corrected chi connectivity index (χ1v) is 8.89. The zero-order valence-electron chi connectivity index (χ0n) is 16.4. The highest BCUT2D eigenvalue weighted by Gasteiger charge is 2.43. The molecule has 4 N–H and O–H groups in total. The lowest BCUT2D eigenvalue weighted by atomic mass is 9.85. The van der Waals surface area contributed by atoms with Crippen LogP contribution in [0.5, 0.6) is 0 Å². The molecule has 0 amide bonds. The van der Waals surface area contributed by atoms with Crippen LogP contribution in [0.2, 0.25) is 0 Å². The number of aliphatic hydroxyl groups is 4. The predicted octanol–water partition coefficient (Wildman–Crippen LogP) is -0.754. The second-order valence-corrected chi connectivity index (χ2v) is 6.90. The van der Waals surface area contributed by atoms with Crippen LogP contribution in [-0.4, -0.2) is 70.7 Å². The summed E-state index contributed by atoms with van der Waals surface area (Å²) in [6.07, 6.45) is 7.36. The second-order valence-electron chi connectivity index (χ2n) is 6.90. The normalized spacial score (nSPS) is 21.6. The molecule has 0 aromatic carbocycles. The summed E-state index contributed by atoms with van der Waals surface area (Å²) in [4.78, 5) is 41.7. The Kier molecular flexibility index (Phi) is 12.6. The van der Waals surface area contributed by atoms with Gasteiger partial charge < -0.3 is 29.9 Å². The Morgan fingerprint density at radius 2 is 1.17 bits per heavy atom. The van der Waals surface area contributed by atoms with E-state index in [2.05, 4.69) is 9.47 Å². The van der Waals surface area contributed by atoms with Gasteiger partial charge in [0.25, 0.3) is 0 Å². The first-order chi connectivity index (χ1) is 13.6.